The lowest BCUT2D eigenvalue weighted by Gasteiger charge is -2.18. The van der Waals surface area contributed by atoms with E-state index in [1.165, 1.54) is 21.7 Å². The summed E-state index contributed by atoms with van der Waals surface area (Å²) < 4.78 is 0. The van der Waals surface area contributed by atoms with Gasteiger partial charge in [0.25, 0.3) is 0 Å². The van der Waals surface area contributed by atoms with E-state index in [9.17, 15) is 4.79 Å². The molecule has 4 heteroatoms. The lowest BCUT2D eigenvalue weighted by atomic mass is 9.98. The van der Waals surface area contributed by atoms with Crippen LogP contribution in [0.2, 0.25) is 0 Å². The Hall–Kier alpha value is -0.870. The topological polar surface area (TPSA) is 46.3 Å². The summed E-state index contributed by atoms with van der Waals surface area (Å²) in [4.78, 5) is 17.2. The van der Waals surface area contributed by atoms with Gasteiger partial charge in [0.05, 0.1) is 0 Å². The third-order valence-electron chi connectivity index (χ3n) is 5.25. The molecule has 0 spiro atoms. The number of amides is 1. The predicted octanol–water partition coefficient (Wildman–Crippen LogP) is 2.88. The first-order valence-electron chi connectivity index (χ1n) is 8.14. The molecule has 1 aromatic heterocycles. The zero-order valence-corrected chi connectivity index (χ0v) is 13.9. The van der Waals surface area contributed by atoms with Crippen molar-refractivity contribution < 1.29 is 4.79 Å². The molecule has 2 fully saturated rings. The maximum atomic E-state index is 12.4. The molecule has 0 aromatic carbocycles. The summed E-state index contributed by atoms with van der Waals surface area (Å²) in [7, 11) is 0. The average molecular weight is 306 g/mol. The molecular formula is C17H26N2OS. The smallest absolute Gasteiger partial charge is 0.222 e. The molecule has 1 saturated heterocycles. The van der Waals surface area contributed by atoms with Crippen molar-refractivity contribution in [1.29, 1.82) is 0 Å². The van der Waals surface area contributed by atoms with Crippen molar-refractivity contribution in [3.8, 4) is 0 Å². The van der Waals surface area contributed by atoms with Gasteiger partial charge in [-0.1, -0.05) is 0 Å². The number of rotatable bonds is 4. The van der Waals surface area contributed by atoms with Crippen LogP contribution in [0.25, 0.3) is 0 Å². The number of nitrogens with two attached hydrogens (primary N) is 1. The van der Waals surface area contributed by atoms with Crippen LogP contribution in [0.3, 0.4) is 0 Å². The van der Waals surface area contributed by atoms with Crippen molar-refractivity contribution in [2.45, 2.75) is 52.0 Å². The van der Waals surface area contributed by atoms with Gasteiger partial charge in [-0.2, -0.15) is 0 Å². The van der Waals surface area contributed by atoms with Crippen LogP contribution in [-0.4, -0.2) is 29.9 Å². The van der Waals surface area contributed by atoms with E-state index in [2.05, 4.69) is 24.8 Å². The summed E-state index contributed by atoms with van der Waals surface area (Å²) in [5.41, 5.74) is 7.56. The Labute approximate surface area is 131 Å². The fraction of sp³-hybridized carbons (Fsp3) is 0.706. The predicted molar refractivity (Wildman–Crippen MR) is 87.5 cm³/mol. The van der Waals surface area contributed by atoms with Crippen molar-refractivity contribution in [1.82, 2.24) is 4.90 Å². The highest BCUT2D eigenvalue weighted by Gasteiger charge is 2.42. The summed E-state index contributed by atoms with van der Waals surface area (Å²) >= 11 is 1.86. The maximum absolute atomic E-state index is 12.4. The van der Waals surface area contributed by atoms with Crippen molar-refractivity contribution in [2.24, 2.45) is 17.6 Å². The number of aryl methyl sites for hydroxylation is 3. The average Bonchev–Trinajstić information content (AvgIpc) is 3.08. The first-order chi connectivity index (χ1) is 10.0. The molecule has 0 radical (unpaired) electrons. The van der Waals surface area contributed by atoms with Gasteiger partial charge >= 0.3 is 0 Å². The highest BCUT2D eigenvalue weighted by molar-refractivity contribution is 7.12. The molecule has 3 rings (SSSR count). The van der Waals surface area contributed by atoms with E-state index >= 15 is 0 Å². The minimum atomic E-state index is 0.323. The van der Waals surface area contributed by atoms with Crippen LogP contribution in [0.4, 0.5) is 0 Å². The van der Waals surface area contributed by atoms with E-state index in [0.717, 1.165) is 32.4 Å². The van der Waals surface area contributed by atoms with Crippen LogP contribution in [0, 0.1) is 25.7 Å². The fourth-order valence-electron chi connectivity index (χ4n) is 4.03. The SMILES string of the molecule is Cc1cc(CCCC(=O)N2CC3CCC(N)C3C2)c(C)s1. The molecule has 1 amide bonds. The van der Waals surface area contributed by atoms with Gasteiger partial charge in [-0.05, 0) is 63.0 Å². The van der Waals surface area contributed by atoms with Crippen molar-refractivity contribution in [3.05, 3.63) is 21.4 Å². The van der Waals surface area contributed by atoms with Crippen LogP contribution in [0.1, 0.15) is 41.0 Å². The summed E-state index contributed by atoms with van der Waals surface area (Å²) in [5, 5.41) is 0. The Morgan fingerprint density at radius 3 is 2.86 bits per heavy atom. The van der Waals surface area contributed by atoms with Crippen molar-refractivity contribution in [2.75, 3.05) is 13.1 Å². The molecule has 116 valence electrons. The van der Waals surface area contributed by atoms with Gasteiger partial charge in [-0.3, -0.25) is 4.79 Å². The molecular weight excluding hydrogens is 280 g/mol. The molecule has 3 unspecified atom stereocenters. The highest BCUT2D eigenvalue weighted by atomic mass is 32.1. The van der Waals surface area contributed by atoms with Gasteiger partial charge in [0.15, 0.2) is 0 Å². The Morgan fingerprint density at radius 2 is 2.19 bits per heavy atom. The van der Waals surface area contributed by atoms with E-state index < -0.39 is 0 Å². The van der Waals surface area contributed by atoms with E-state index in [1.54, 1.807) is 0 Å². The van der Waals surface area contributed by atoms with Gasteiger partial charge in [-0.15, -0.1) is 11.3 Å². The van der Waals surface area contributed by atoms with Crippen molar-refractivity contribution in [3.63, 3.8) is 0 Å². The maximum Gasteiger partial charge on any atom is 0.222 e. The second kappa shape index (κ2) is 6.09. The highest BCUT2D eigenvalue weighted by Crippen LogP contribution is 2.37. The Morgan fingerprint density at radius 1 is 1.38 bits per heavy atom. The summed E-state index contributed by atoms with van der Waals surface area (Å²) in [6, 6.07) is 2.59. The first kappa shape index (κ1) is 15.0. The summed E-state index contributed by atoms with van der Waals surface area (Å²) in [5.74, 6) is 1.57. The molecule has 21 heavy (non-hydrogen) atoms. The zero-order chi connectivity index (χ0) is 15.0. The standard InChI is InChI=1S/C17H26N2OS/c1-11-8-13(12(2)21-11)4-3-5-17(20)19-9-14-6-7-16(18)15(14)10-19/h8,14-16H,3-7,9-10,18H2,1-2H3. The normalized spacial score (nSPS) is 28.1. The number of nitrogens with zero attached hydrogens (tertiary/aromatic N) is 1. The fourth-order valence-corrected chi connectivity index (χ4v) is 5.01. The van der Waals surface area contributed by atoms with Gasteiger partial charge in [0.2, 0.25) is 5.91 Å². The molecule has 2 N–H and O–H groups in total. The molecule has 1 aromatic rings. The summed E-state index contributed by atoms with van der Waals surface area (Å²) in [6.07, 6.45) is 5.04. The van der Waals surface area contributed by atoms with Gasteiger partial charge < -0.3 is 10.6 Å². The van der Waals surface area contributed by atoms with E-state index in [4.69, 9.17) is 5.73 Å². The van der Waals surface area contributed by atoms with Crippen LogP contribution in [0.15, 0.2) is 6.07 Å². The Kier molecular flexibility index (Phi) is 4.36. The number of hydrogen-bond acceptors (Lipinski definition) is 3. The number of hydrogen-bond donors (Lipinski definition) is 1. The lowest BCUT2D eigenvalue weighted by molar-refractivity contribution is -0.130. The molecule has 3 atom stereocenters. The molecule has 1 saturated carbocycles. The molecule has 2 aliphatic rings. The first-order valence-corrected chi connectivity index (χ1v) is 8.95. The molecule has 0 bridgehead atoms. The van der Waals surface area contributed by atoms with Gasteiger partial charge in [0, 0.05) is 35.3 Å². The zero-order valence-electron chi connectivity index (χ0n) is 13.1. The molecule has 3 nitrogen and oxygen atoms in total. The lowest BCUT2D eigenvalue weighted by Crippen LogP contribution is -2.33. The van der Waals surface area contributed by atoms with E-state index in [1.807, 2.05) is 11.3 Å². The Balaban J connectivity index is 1.46. The van der Waals surface area contributed by atoms with Crippen LogP contribution in [-0.2, 0) is 11.2 Å². The minimum absolute atomic E-state index is 0.323. The van der Waals surface area contributed by atoms with Crippen LogP contribution < -0.4 is 5.73 Å². The second-order valence-electron chi connectivity index (χ2n) is 6.76. The molecule has 1 aliphatic carbocycles. The minimum Gasteiger partial charge on any atom is -0.342 e. The monoisotopic (exact) mass is 306 g/mol. The van der Waals surface area contributed by atoms with Gasteiger partial charge in [0.1, 0.15) is 0 Å². The second-order valence-corrected chi connectivity index (χ2v) is 8.22. The summed E-state index contributed by atoms with van der Waals surface area (Å²) in [6.45, 7) is 6.19. The van der Waals surface area contributed by atoms with Gasteiger partial charge in [-0.25, -0.2) is 0 Å². The largest absolute Gasteiger partial charge is 0.342 e. The van der Waals surface area contributed by atoms with Crippen LogP contribution >= 0.6 is 11.3 Å². The molecule has 2 heterocycles. The Bertz CT molecular complexity index is 525. The van der Waals surface area contributed by atoms with E-state index in [0.29, 0.717) is 30.2 Å². The van der Waals surface area contributed by atoms with E-state index in [-0.39, 0.29) is 0 Å². The number of carbonyl (C=O) groups excluding carboxylic acids is 1. The third-order valence-corrected chi connectivity index (χ3v) is 6.25. The quantitative estimate of drug-likeness (QED) is 0.929. The number of carbonyl (C=O) groups is 1. The molecule has 1 aliphatic heterocycles. The number of likely N-dealkylation sites (tertiary alicyclic amines) is 1. The van der Waals surface area contributed by atoms with Crippen LogP contribution in [0.5, 0.6) is 0 Å². The van der Waals surface area contributed by atoms with Crippen molar-refractivity contribution >= 4 is 17.2 Å². The number of thiophene rings is 1. The third kappa shape index (κ3) is 3.16. The number of fused-ring (bicyclic) bond motifs is 1.